The Hall–Kier alpha value is -2.45. The molecule has 1 aromatic heterocycles. The van der Waals surface area contributed by atoms with Crippen LogP contribution < -0.4 is 15.2 Å². The third kappa shape index (κ3) is 8.67. The number of aromatic nitrogens is 3. The highest BCUT2D eigenvalue weighted by molar-refractivity contribution is 7.98. The van der Waals surface area contributed by atoms with Gasteiger partial charge in [0.1, 0.15) is 12.2 Å². The molecule has 2 aromatic carbocycles. The summed E-state index contributed by atoms with van der Waals surface area (Å²) in [5.41, 5.74) is 2.00. The molecule has 8 heteroatoms. The third-order valence-electron chi connectivity index (χ3n) is 4.16. The molecule has 0 bridgehead atoms. The summed E-state index contributed by atoms with van der Waals surface area (Å²) in [5, 5.41) is 0. The molecule has 2 unspecified atom stereocenters. The van der Waals surface area contributed by atoms with Crippen LogP contribution in [0.15, 0.2) is 65.5 Å². The van der Waals surface area contributed by atoms with E-state index in [1.807, 2.05) is 50.2 Å². The molecule has 0 aliphatic carbocycles. The van der Waals surface area contributed by atoms with Gasteiger partial charge in [-0.2, -0.15) is 23.5 Å². The third-order valence-corrected chi connectivity index (χ3v) is 6.64. The Morgan fingerprint density at radius 1 is 0.806 bits per heavy atom. The second-order valence-electron chi connectivity index (χ2n) is 7.10. The predicted molar refractivity (Wildman–Crippen MR) is 128 cm³/mol. The van der Waals surface area contributed by atoms with E-state index in [0.717, 1.165) is 23.0 Å². The summed E-state index contributed by atoms with van der Waals surface area (Å²) in [6.45, 7) is 3.88. The van der Waals surface area contributed by atoms with Crippen molar-refractivity contribution in [3.05, 3.63) is 82.3 Å². The fraction of sp³-hybridized carbons (Fsp3) is 0.348. The van der Waals surface area contributed by atoms with Crippen molar-refractivity contribution < 1.29 is 9.47 Å². The van der Waals surface area contributed by atoms with E-state index < -0.39 is 5.69 Å². The lowest BCUT2D eigenvalue weighted by Gasteiger charge is -2.15. The molecule has 31 heavy (non-hydrogen) atoms. The fourth-order valence-corrected chi connectivity index (χ4v) is 4.62. The normalized spacial score (nSPS) is 12.8. The molecule has 0 aliphatic heterocycles. The first-order chi connectivity index (χ1) is 15.1. The van der Waals surface area contributed by atoms with Gasteiger partial charge < -0.3 is 9.47 Å². The molecule has 0 saturated carbocycles. The van der Waals surface area contributed by atoms with E-state index in [2.05, 4.69) is 39.2 Å². The van der Waals surface area contributed by atoms with Crippen LogP contribution in [0.4, 0.5) is 0 Å². The Bertz CT molecular complexity index is 896. The Morgan fingerprint density at radius 3 is 1.87 bits per heavy atom. The molecule has 3 aromatic rings. The van der Waals surface area contributed by atoms with Gasteiger partial charge in [0.2, 0.25) is 0 Å². The second kappa shape index (κ2) is 12.4. The number of hydrogen-bond acceptors (Lipinski definition) is 7. The zero-order chi connectivity index (χ0) is 21.9. The summed E-state index contributed by atoms with van der Waals surface area (Å²) in [6, 6.07) is 20.7. The molecule has 3 rings (SSSR count). The molecule has 0 radical (unpaired) electrons. The topological polar surface area (TPSA) is 77.1 Å². The maximum Gasteiger partial charge on any atom is 0.353 e. The van der Waals surface area contributed by atoms with Gasteiger partial charge >= 0.3 is 17.7 Å². The second-order valence-corrected chi connectivity index (χ2v) is 9.16. The number of ether oxygens (including phenoxy) is 2. The van der Waals surface area contributed by atoms with Crippen molar-refractivity contribution in [1.82, 2.24) is 15.0 Å². The Kier molecular flexibility index (Phi) is 9.30. The van der Waals surface area contributed by atoms with Gasteiger partial charge in [-0.1, -0.05) is 60.7 Å². The van der Waals surface area contributed by atoms with Gasteiger partial charge in [0.15, 0.2) is 0 Å². The summed E-state index contributed by atoms with van der Waals surface area (Å²) < 4.78 is 11.5. The number of nitrogens with one attached hydrogen (secondary N) is 1. The van der Waals surface area contributed by atoms with Gasteiger partial charge in [-0.3, -0.25) is 4.98 Å². The van der Waals surface area contributed by atoms with E-state index >= 15 is 0 Å². The van der Waals surface area contributed by atoms with Gasteiger partial charge in [0.05, 0.1) is 0 Å². The molecule has 0 fully saturated rings. The molecule has 0 saturated heterocycles. The number of benzene rings is 2. The average molecular weight is 458 g/mol. The van der Waals surface area contributed by atoms with Crippen molar-refractivity contribution in [3.8, 4) is 12.0 Å². The maximum absolute atomic E-state index is 11.9. The van der Waals surface area contributed by atoms with Crippen LogP contribution in [-0.2, 0) is 11.5 Å². The Balaban J connectivity index is 1.44. The molecule has 0 spiro atoms. The quantitative estimate of drug-likeness (QED) is 0.427. The van der Waals surface area contributed by atoms with E-state index in [1.165, 1.54) is 11.1 Å². The summed E-state index contributed by atoms with van der Waals surface area (Å²) in [4.78, 5) is 22.5. The van der Waals surface area contributed by atoms with Crippen molar-refractivity contribution in [1.29, 1.82) is 0 Å². The molecule has 1 heterocycles. The number of H-pyrrole nitrogens is 1. The van der Waals surface area contributed by atoms with Crippen molar-refractivity contribution >= 4 is 23.5 Å². The lowest BCUT2D eigenvalue weighted by molar-refractivity contribution is 0.199. The lowest BCUT2D eigenvalue weighted by atomic mass is 10.2. The first-order valence-corrected chi connectivity index (χ1v) is 12.4. The SMILES string of the molecule is CC(CSCc1ccccc1)Oc1nc(OC(C)CSCc2ccccc2)[nH]c(=O)n1. The van der Waals surface area contributed by atoms with E-state index in [4.69, 9.17) is 9.47 Å². The van der Waals surface area contributed by atoms with Crippen molar-refractivity contribution in [2.75, 3.05) is 11.5 Å². The minimum absolute atomic E-state index is 0.0377. The smallest absolute Gasteiger partial charge is 0.353 e. The van der Waals surface area contributed by atoms with Crippen LogP contribution >= 0.6 is 23.5 Å². The number of thioether (sulfide) groups is 2. The average Bonchev–Trinajstić information content (AvgIpc) is 2.75. The zero-order valence-corrected chi connectivity index (χ0v) is 19.3. The van der Waals surface area contributed by atoms with Gasteiger partial charge in [-0.05, 0) is 25.0 Å². The Labute approximate surface area is 191 Å². The van der Waals surface area contributed by atoms with Crippen molar-refractivity contribution in [2.24, 2.45) is 0 Å². The van der Waals surface area contributed by atoms with Gasteiger partial charge in [0.25, 0.3) is 0 Å². The maximum atomic E-state index is 11.9. The lowest BCUT2D eigenvalue weighted by Crippen LogP contribution is -2.23. The van der Waals surface area contributed by atoms with Gasteiger partial charge in [-0.15, -0.1) is 9.97 Å². The first-order valence-electron chi connectivity index (χ1n) is 10.1. The largest absolute Gasteiger partial charge is 0.461 e. The van der Waals surface area contributed by atoms with Crippen LogP contribution in [-0.4, -0.2) is 38.7 Å². The molecule has 1 N–H and O–H groups in total. The van der Waals surface area contributed by atoms with Crippen LogP contribution in [0, 0.1) is 0 Å². The minimum Gasteiger partial charge on any atom is -0.461 e. The molecule has 0 amide bonds. The standard InChI is InChI=1S/C23H27N3O3S2/c1-17(13-30-15-19-9-5-3-6-10-19)28-22-24-21(27)25-23(26-22)29-18(2)14-31-16-20-11-7-4-8-12-20/h3-12,17-18H,13-16H2,1-2H3,(H,24,25,26,27). The predicted octanol–water partition coefficient (Wildman–Crippen LogP) is 4.57. The van der Waals surface area contributed by atoms with Gasteiger partial charge in [0, 0.05) is 23.0 Å². The summed E-state index contributed by atoms with van der Waals surface area (Å²) >= 11 is 3.53. The summed E-state index contributed by atoms with van der Waals surface area (Å²) in [7, 11) is 0. The van der Waals surface area contributed by atoms with Crippen LogP contribution in [0.5, 0.6) is 12.0 Å². The minimum atomic E-state index is -0.534. The molecule has 6 nitrogen and oxygen atoms in total. The number of rotatable bonds is 12. The van der Waals surface area contributed by atoms with Gasteiger partial charge in [-0.25, -0.2) is 4.79 Å². The Morgan fingerprint density at radius 2 is 1.32 bits per heavy atom. The number of nitrogens with zero attached hydrogens (tertiary/aromatic N) is 2. The zero-order valence-electron chi connectivity index (χ0n) is 17.7. The number of hydrogen-bond donors (Lipinski definition) is 1. The molecule has 2 atom stereocenters. The van der Waals surface area contributed by atoms with Crippen LogP contribution in [0.1, 0.15) is 25.0 Å². The fourth-order valence-electron chi connectivity index (χ4n) is 2.73. The molecular weight excluding hydrogens is 430 g/mol. The number of aromatic amines is 1. The molecule has 0 aliphatic rings. The summed E-state index contributed by atoms with van der Waals surface area (Å²) in [6.07, 6.45) is -0.256. The van der Waals surface area contributed by atoms with E-state index in [1.54, 1.807) is 23.5 Å². The van der Waals surface area contributed by atoms with Crippen molar-refractivity contribution in [2.45, 2.75) is 37.6 Å². The molecule has 164 valence electrons. The first kappa shape index (κ1) is 23.2. The highest BCUT2D eigenvalue weighted by Gasteiger charge is 2.12. The van der Waals surface area contributed by atoms with Crippen molar-refractivity contribution in [3.63, 3.8) is 0 Å². The van der Waals surface area contributed by atoms with Crippen LogP contribution in [0.25, 0.3) is 0 Å². The van der Waals surface area contributed by atoms with E-state index in [9.17, 15) is 4.79 Å². The van der Waals surface area contributed by atoms with Crippen LogP contribution in [0.3, 0.4) is 0 Å². The van der Waals surface area contributed by atoms with E-state index in [0.29, 0.717) is 0 Å². The molecular formula is C23H27N3O3S2. The van der Waals surface area contributed by atoms with E-state index in [-0.39, 0.29) is 24.2 Å². The van der Waals surface area contributed by atoms with Crippen LogP contribution in [0.2, 0.25) is 0 Å². The monoisotopic (exact) mass is 457 g/mol. The highest BCUT2D eigenvalue weighted by atomic mass is 32.2. The summed E-state index contributed by atoms with van der Waals surface area (Å²) in [5.74, 6) is 3.33. The highest BCUT2D eigenvalue weighted by Crippen LogP contribution is 2.17.